The Labute approximate surface area is 171 Å². The lowest BCUT2D eigenvalue weighted by Gasteiger charge is -2.21. The SMILES string of the molecule is COc1ccccc1N(C(C)=O)c1onc(-c2ccc(F)cc2)c1-c1ccncn1. The molecule has 0 saturated carbocycles. The second-order valence-electron chi connectivity index (χ2n) is 6.34. The normalized spacial score (nSPS) is 10.6. The first-order valence-electron chi connectivity index (χ1n) is 9.06. The molecule has 0 spiro atoms. The van der Waals surface area contributed by atoms with E-state index in [4.69, 9.17) is 9.26 Å². The molecule has 150 valence electrons. The predicted octanol–water partition coefficient (Wildman–Crippen LogP) is 4.63. The topological polar surface area (TPSA) is 81.4 Å². The van der Waals surface area contributed by atoms with Gasteiger partial charge >= 0.3 is 0 Å². The van der Waals surface area contributed by atoms with Crippen LogP contribution in [0.25, 0.3) is 22.5 Å². The Balaban J connectivity index is 1.97. The molecule has 4 rings (SSSR count). The minimum atomic E-state index is -0.370. The van der Waals surface area contributed by atoms with Crippen LogP contribution in [0, 0.1) is 5.82 Å². The Kier molecular flexibility index (Phi) is 5.21. The first kappa shape index (κ1) is 19.3. The molecule has 0 fully saturated rings. The number of carbonyl (C=O) groups excluding carboxylic acids is 1. The number of hydrogen-bond donors (Lipinski definition) is 0. The summed E-state index contributed by atoms with van der Waals surface area (Å²) in [5.74, 6) is -0.0202. The summed E-state index contributed by atoms with van der Waals surface area (Å²) >= 11 is 0. The lowest BCUT2D eigenvalue weighted by Crippen LogP contribution is -2.23. The van der Waals surface area contributed by atoms with E-state index in [9.17, 15) is 9.18 Å². The lowest BCUT2D eigenvalue weighted by atomic mass is 10.0. The molecule has 0 unspecified atom stereocenters. The summed E-state index contributed by atoms with van der Waals surface area (Å²) in [5.41, 5.74) is 2.50. The Morgan fingerprint density at radius 1 is 1.10 bits per heavy atom. The van der Waals surface area contributed by atoms with Crippen LogP contribution >= 0.6 is 0 Å². The van der Waals surface area contributed by atoms with Crippen molar-refractivity contribution < 1.29 is 18.4 Å². The summed E-state index contributed by atoms with van der Waals surface area (Å²) < 4.78 is 24.5. The number of amides is 1. The zero-order valence-electron chi connectivity index (χ0n) is 16.2. The maximum absolute atomic E-state index is 13.4. The molecular formula is C22H17FN4O3. The van der Waals surface area contributed by atoms with E-state index in [1.54, 1.807) is 48.7 Å². The number of halogens is 1. The van der Waals surface area contributed by atoms with Crippen LogP contribution in [0.15, 0.2) is 71.6 Å². The largest absolute Gasteiger partial charge is 0.495 e. The molecule has 7 nitrogen and oxygen atoms in total. The average Bonchev–Trinajstić information content (AvgIpc) is 3.19. The second kappa shape index (κ2) is 8.12. The number of ether oxygens (including phenoxy) is 1. The quantitative estimate of drug-likeness (QED) is 0.482. The Bertz CT molecular complexity index is 1180. The molecule has 0 saturated heterocycles. The minimum absolute atomic E-state index is 0.171. The van der Waals surface area contributed by atoms with Gasteiger partial charge in [0.25, 0.3) is 0 Å². The van der Waals surface area contributed by atoms with Crippen molar-refractivity contribution in [2.75, 3.05) is 12.0 Å². The van der Waals surface area contributed by atoms with Crippen molar-refractivity contribution in [2.24, 2.45) is 0 Å². The standard InChI is InChI=1S/C22H17FN4O3/c1-14(28)27(18-5-3-4-6-19(18)29-2)22-20(17-11-12-24-13-25-17)21(26-30-22)15-7-9-16(23)10-8-15/h3-13H,1-2H3. The van der Waals surface area contributed by atoms with Crippen molar-refractivity contribution >= 4 is 17.5 Å². The summed E-state index contributed by atoms with van der Waals surface area (Å²) in [6.45, 7) is 1.41. The maximum Gasteiger partial charge on any atom is 0.248 e. The monoisotopic (exact) mass is 404 g/mol. The van der Waals surface area contributed by atoms with Gasteiger partial charge in [-0.1, -0.05) is 17.3 Å². The molecule has 0 aliphatic heterocycles. The van der Waals surface area contributed by atoms with Crippen molar-refractivity contribution in [2.45, 2.75) is 6.92 Å². The predicted molar refractivity (Wildman–Crippen MR) is 109 cm³/mol. The molecule has 0 bridgehead atoms. The number of hydrogen-bond acceptors (Lipinski definition) is 6. The van der Waals surface area contributed by atoms with E-state index in [0.29, 0.717) is 34.0 Å². The van der Waals surface area contributed by atoms with Crippen molar-refractivity contribution in [3.05, 3.63) is 72.9 Å². The number of nitrogens with zero attached hydrogens (tertiary/aromatic N) is 4. The summed E-state index contributed by atoms with van der Waals surface area (Å²) in [6, 6.07) is 14.6. The number of rotatable bonds is 5. The van der Waals surface area contributed by atoms with Gasteiger partial charge in [0.1, 0.15) is 23.6 Å². The molecule has 8 heteroatoms. The van der Waals surface area contributed by atoms with Crippen LogP contribution < -0.4 is 9.64 Å². The number of anilines is 2. The van der Waals surface area contributed by atoms with E-state index < -0.39 is 0 Å². The van der Waals surface area contributed by atoms with Crippen molar-refractivity contribution in [3.8, 4) is 28.3 Å². The molecule has 2 heterocycles. The Hall–Kier alpha value is -4.07. The first-order chi connectivity index (χ1) is 14.6. The van der Waals surface area contributed by atoms with Crippen LogP contribution in [0.1, 0.15) is 6.92 Å². The molecule has 30 heavy (non-hydrogen) atoms. The van der Waals surface area contributed by atoms with Gasteiger partial charge in [-0.3, -0.25) is 4.79 Å². The van der Waals surface area contributed by atoms with Crippen LogP contribution in [0.4, 0.5) is 16.0 Å². The number of benzene rings is 2. The highest BCUT2D eigenvalue weighted by atomic mass is 19.1. The van der Waals surface area contributed by atoms with Crippen LogP contribution in [-0.4, -0.2) is 28.1 Å². The molecule has 0 aliphatic carbocycles. The summed E-state index contributed by atoms with van der Waals surface area (Å²) in [6.07, 6.45) is 2.97. The van der Waals surface area contributed by atoms with E-state index in [1.165, 1.54) is 37.4 Å². The van der Waals surface area contributed by atoms with E-state index >= 15 is 0 Å². The molecule has 0 aliphatic rings. The van der Waals surface area contributed by atoms with E-state index in [0.717, 1.165) is 0 Å². The smallest absolute Gasteiger partial charge is 0.248 e. The zero-order chi connectivity index (χ0) is 21.1. The third-order valence-corrected chi connectivity index (χ3v) is 4.47. The highest BCUT2D eigenvalue weighted by molar-refractivity contribution is 6.04. The molecule has 2 aromatic carbocycles. The minimum Gasteiger partial charge on any atom is -0.495 e. The molecule has 4 aromatic rings. The number of aromatic nitrogens is 3. The summed E-state index contributed by atoms with van der Waals surface area (Å²) in [5, 5.41) is 4.18. The second-order valence-corrected chi connectivity index (χ2v) is 6.34. The van der Waals surface area contributed by atoms with E-state index in [-0.39, 0.29) is 17.6 Å². The van der Waals surface area contributed by atoms with Gasteiger partial charge in [0.15, 0.2) is 0 Å². The van der Waals surface area contributed by atoms with Gasteiger partial charge in [-0.2, -0.15) is 0 Å². The van der Waals surface area contributed by atoms with Crippen LogP contribution in [-0.2, 0) is 4.79 Å². The van der Waals surface area contributed by atoms with Gasteiger partial charge in [-0.25, -0.2) is 19.3 Å². The molecular weight excluding hydrogens is 387 g/mol. The fourth-order valence-electron chi connectivity index (χ4n) is 3.14. The van der Waals surface area contributed by atoms with Crippen molar-refractivity contribution in [3.63, 3.8) is 0 Å². The van der Waals surface area contributed by atoms with Crippen molar-refractivity contribution in [1.82, 2.24) is 15.1 Å². The molecule has 0 radical (unpaired) electrons. The number of para-hydroxylation sites is 2. The van der Waals surface area contributed by atoms with Gasteiger partial charge in [0.2, 0.25) is 11.8 Å². The third-order valence-electron chi connectivity index (χ3n) is 4.47. The van der Waals surface area contributed by atoms with Gasteiger partial charge < -0.3 is 9.26 Å². The number of carbonyl (C=O) groups is 1. The summed E-state index contributed by atoms with van der Waals surface area (Å²) in [4.78, 5) is 22.3. The Morgan fingerprint density at radius 3 is 2.53 bits per heavy atom. The molecule has 2 aromatic heterocycles. The van der Waals surface area contributed by atoms with Gasteiger partial charge in [-0.05, 0) is 42.5 Å². The van der Waals surface area contributed by atoms with Crippen LogP contribution in [0.2, 0.25) is 0 Å². The molecule has 0 atom stereocenters. The molecule has 1 amide bonds. The fraction of sp³-hybridized carbons (Fsp3) is 0.0909. The molecule has 0 N–H and O–H groups in total. The van der Waals surface area contributed by atoms with Crippen molar-refractivity contribution in [1.29, 1.82) is 0 Å². The van der Waals surface area contributed by atoms with E-state index in [2.05, 4.69) is 15.1 Å². The fourth-order valence-corrected chi connectivity index (χ4v) is 3.14. The summed E-state index contributed by atoms with van der Waals surface area (Å²) in [7, 11) is 1.52. The van der Waals surface area contributed by atoms with Gasteiger partial charge in [0, 0.05) is 18.7 Å². The maximum atomic E-state index is 13.4. The zero-order valence-corrected chi connectivity index (χ0v) is 16.2. The highest BCUT2D eigenvalue weighted by Crippen LogP contribution is 2.43. The Morgan fingerprint density at radius 2 is 1.87 bits per heavy atom. The number of methoxy groups -OCH3 is 1. The van der Waals surface area contributed by atoms with Crippen LogP contribution in [0.5, 0.6) is 5.75 Å². The average molecular weight is 404 g/mol. The lowest BCUT2D eigenvalue weighted by molar-refractivity contribution is -0.116. The third kappa shape index (κ3) is 3.50. The highest BCUT2D eigenvalue weighted by Gasteiger charge is 2.29. The van der Waals surface area contributed by atoms with Gasteiger partial charge in [0.05, 0.1) is 24.1 Å². The van der Waals surface area contributed by atoms with E-state index in [1.807, 2.05) is 0 Å². The van der Waals surface area contributed by atoms with Gasteiger partial charge in [-0.15, -0.1) is 0 Å². The van der Waals surface area contributed by atoms with Crippen LogP contribution in [0.3, 0.4) is 0 Å². The first-order valence-corrected chi connectivity index (χ1v) is 9.06.